The molecule has 0 saturated carbocycles. The normalized spacial score (nSPS) is 27.8. The van der Waals surface area contributed by atoms with Crippen LogP contribution in [0.15, 0.2) is 29.3 Å². The summed E-state index contributed by atoms with van der Waals surface area (Å²) in [7, 11) is 0. The molecule has 1 saturated heterocycles. The molecular weight excluding hydrogens is 376 g/mol. The first kappa shape index (κ1) is 20.4. The maximum absolute atomic E-state index is 14.1. The second-order valence-electron chi connectivity index (χ2n) is 8.93. The van der Waals surface area contributed by atoms with E-state index in [1.54, 1.807) is 0 Å². The lowest BCUT2D eigenvalue weighted by Crippen LogP contribution is -2.49. The molecule has 1 amide bonds. The fraction of sp³-hybridized carbons (Fsp3) is 0.591. The number of amides is 1. The van der Waals surface area contributed by atoms with Crippen LogP contribution in [0.2, 0.25) is 0 Å². The van der Waals surface area contributed by atoms with Gasteiger partial charge >= 0.3 is 0 Å². The summed E-state index contributed by atoms with van der Waals surface area (Å²) in [4.78, 5) is 16.6. The molecule has 3 aliphatic heterocycles. The Labute approximate surface area is 170 Å². The van der Waals surface area contributed by atoms with Crippen molar-refractivity contribution in [1.82, 2.24) is 9.80 Å². The Morgan fingerprint density at radius 3 is 2.52 bits per heavy atom. The zero-order chi connectivity index (χ0) is 20.7. The van der Waals surface area contributed by atoms with Gasteiger partial charge in [0.15, 0.2) is 0 Å². The maximum atomic E-state index is 14.1. The first-order valence-electron chi connectivity index (χ1n) is 10.4. The Morgan fingerprint density at radius 1 is 1.21 bits per heavy atom. The lowest BCUT2D eigenvalue weighted by molar-refractivity contribution is -0.130. The van der Waals surface area contributed by atoms with Crippen molar-refractivity contribution < 1.29 is 18.3 Å². The number of rotatable bonds is 4. The van der Waals surface area contributed by atoms with E-state index in [0.717, 1.165) is 25.2 Å². The van der Waals surface area contributed by atoms with Gasteiger partial charge in [-0.25, -0.2) is 8.78 Å². The molecule has 3 aliphatic rings. The van der Waals surface area contributed by atoms with Gasteiger partial charge in [0, 0.05) is 50.2 Å². The molecule has 2 N–H and O–H groups in total. The van der Waals surface area contributed by atoms with Crippen LogP contribution in [0.5, 0.6) is 0 Å². The topological polar surface area (TPSA) is 58.8 Å². The van der Waals surface area contributed by atoms with Crippen LogP contribution in [-0.4, -0.2) is 60.6 Å². The second kappa shape index (κ2) is 8.13. The van der Waals surface area contributed by atoms with Crippen LogP contribution in [0, 0.1) is 17.6 Å². The number of carbonyl (C=O) groups is 1. The van der Waals surface area contributed by atoms with E-state index in [1.807, 2.05) is 4.90 Å². The van der Waals surface area contributed by atoms with Gasteiger partial charge in [0.05, 0.1) is 6.61 Å². The number of halogens is 2. The molecule has 0 bridgehead atoms. The molecule has 1 aromatic rings. The molecule has 0 aliphatic carbocycles. The fourth-order valence-corrected chi connectivity index (χ4v) is 4.67. The average Bonchev–Trinajstić information content (AvgIpc) is 3.22. The van der Waals surface area contributed by atoms with Gasteiger partial charge in [0.25, 0.3) is 0 Å². The number of hydrogen-bond donors (Lipinski definition) is 1. The van der Waals surface area contributed by atoms with Crippen molar-refractivity contribution in [2.24, 2.45) is 11.7 Å². The molecule has 4 rings (SSSR count). The Balaban J connectivity index is 1.33. The van der Waals surface area contributed by atoms with Crippen molar-refractivity contribution in [3.63, 3.8) is 0 Å². The highest BCUT2D eigenvalue weighted by molar-refractivity contribution is 5.77. The molecule has 3 atom stereocenters. The fourth-order valence-electron chi connectivity index (χ4n) is 4.67. The minimum absolute atomic E-state index is 0.142. The zero-order valence-corrected chi connectivity index (χ0v) is 17.0. The summed E-state index contributed by atoms with van der Waals surface area (Å²) in [6, 6.07) is 3.14. The Hall–Kier alpha value is -1.83. The molecule has 0 spiro atoms. The van der Waals surface area contributed by atoms with Gasteiger partial charge in [-0.2, -0.15) is 0 Å². The van der Waals surface area contributed by atoms with E-state index < -0.39 is 23.8 Å². The SMILES string of the molecule is CC(C)CC(=O)N1CC2=C(C1)CN(C1COC(c3cc(F)ccc3F)C(N)C1)C2. The van der Waals surface area contributed by atoms with Crippen molar-refractivity contribution in [3.05, 3.63) is 46.5 Å². The highest BCUT2D eigenvalue weighted by Crippen LogP contribution is 2.34. The minimum atomic E-state index is -0.631. The summed E-state index contributed by atoms with van der Waals surface area (Å²) in [5.74, 6) is -0.385. The Kier molecular flexibility index (Phi) is 5.73. The second-order valence-corrected chi connectivity index (χ2v) is 8.93. The molecule has 158 valence electrons. The minimum Gasteiger partial charge on any atom is -0.370 e. The Bertz CT molecular complexity index is 808. The molecular formula is C22H29F2N3O2. The molecule has 29 heavy (non-hydrogen) atoms. The van der Waals surface area contributed by atoms with Gasteiger partial charge < -0.3 is 15.4 Å². The predicted octanol–water partition coefficient (Wildman–Crippen LogP) is 2.62. The Morgan fingerprint density at radius 2 is 1.90 bits per heavy atom. The molecule has 7 heteroatoms. The van der Waals surface area contributed by atoms with Crippen molar-refractivity contribution in [2.75, 3.05) is 32.8 Å². The lowest BCUT2D eigenvalue weighted by atomic mass is 9.93. The van der Waals surface area contributed by atoms with Crippen LogP contribution in [0.4, 0.5) is 8.78 Å². The van der Waals surface area contributed by atoms with Crippen LogP contribution < -0.4 is 5.73 Å². The van der Waals surface area contributed by atoms with E-state index in [1.165, 1.54) is 17.2 Å². The summed E-state index contributed by atoms with van der Waals surface area (Å²) in [6.45, 7) is 7.63. The van der Waals surface area contributed by atoms with Gasteiger partial charge in [-0.3, -0.25) is 9.69 Å². The van der Waals surface area contributed by atoms with Crippen molar-refractivity contribution in [3.8, 4) is 0 Å². The zero-order valence-electron chi connectivity index (χ0n) is 17.0. The molecule has 3 unspecified atom stereocenters. The molecule has 0 aromatic heterocycles. The standard InChI is InChI=1S/C22H29F2N3O2/c1-13(2)5-21(28)27-10-14-8-26(9-15(14)11-27)17-7-20(25)22(29-12-17)18-6-16(23)3-4-19(18)24/h3-4,6,13,17,20,22H,5,7-12,25H2,1-2H3. The van der Waals surface area contributed by atoms with E-state index in [9.17, 15) is 13.6 Å². The summed E-state index contributed by atoms with van der Waals surface area (Å²) < 4.78 is 33.6. The highest BCUT2D eigenvalue weighted by atomic mass is 19.1. The van der Waals surface area contributed by atoms with Crippen molar-refractivity contribution in [1.29, 1.82) is 0 Å². The molecule has 5 nitrogen and oxygen atoms in total. The van der Waals surface area contributed by atoms with Gasteiger partial charge in [-0.15, -0.1) is 0 Å². The molecule has 3 heterocycles. The summed E-state index contributed by atoms with van der Waals surface area (Å²) >= 11 is 0. The smallest absolute Gasteiger partial charge is 0.223 e. The van der Waals surface area contributed by atoms with E-state index >= 15 is 0 Å². The highest BCUT2D eigenvalue weighted by Gasteiger charge is 2.39. The monoisotopic (exact) mass is 405 g/mol. The summed E-state index contributed by atoms with van der Waals surface area (Å²) in [5, 5.41) is 0. The van der Waals surface area contributed by atoms with Crippen molar-refractivity contribution in [2.45, 2.75) is 44.9 Å². The van der Waals surface area contributed by atoms with E-state index in [4.69, 9.17) is 10.5 Å². The first-order valence-corrected chi connectivity index (χ1v) is 10.4. The van der Waals surface area contributed by atoms with Crippen LogP contribution in [-0.2, 0) is 9.53 Å². The third kappa shape index (κ3) is 4.22. The number of carbonyl (C=O) groups excluding carboxylic acids is 1. The number of hydrogen-bond acceptors (Lipinski definition) is 4. The van der Waals surface area contributed by atoms with Gasteiger partial charge in [-0.1, -0.05) is 13.8 Å². The van der Waals surface area contributed by atoms with Crippen LogP contribution in [0.25, 0.3) is 0 Å². The van der Waals surface area contributed by atoms with E-state index in [-0.39, 0.29) is 17.5 Å². The number of benzene rings is 1. The van der Waals surface area contributed by atoms with Gasteiger partial charge in [0.2, 0.25) is 5.91 Å². The van der Waals surface area contributed by atoms with Crippen LogP contribution in [0.3, 0.4) is 0 Å². The van der Waals surface area contributed by atoms with E-state index in [2.05, 4.69) is 18.7 Å². The largest absolute Gasteiger partial charge is 0.370 e. The molecule has 1 aromatic carbocycles. The lowest BCUT2D eigenvalue weighted by Gasteiger charge is -2.39. The van der Waals surface area contributed by atoms with Gasteiger partial charge in [-0.05, 0) is 41.7 Å². The number of ether oxygens (including phenoxy) is 1. The summed E-state index contributed by atoms with van der Waals surface area (Å²) in [5.41, 5.74) is 9.15. The third-order valence-electron chi connectivity index (χ3n) is 6.17. The first-order chi connectivity index (χ1) is 13.8. The van der Waals surface area contributed by atoms with E-state index in [0.29, 0.717) is 38.5 Å². The maximum Gasteiger partial charge on any atom is 0.223 e. The summed E-state index contributed by atoms with van der Waals surface area (Å²) in [6.07, 6.45) is 0.624. The van der Waals surface area contributed by atoms with Crippen LogP contribution >= 0.6 is 0 Å². The quantitative estimate of drug-likeness (QED) is 0.783. The van der Waals surface area contributed by atoms with Crippen molar-refractivity contribution >= 4 is 5.91 Å². The molecule has 0 radical (unpaired) electrons. The number of nitrogens with zero attached hydrogens (tertiary/aromatic N) is 2. The predicted molar refractivity (Wildman–Crippen MR) is 106 cm³/mol. The van der Waals surface area contributed by atoms with Crippen LogP contribution in [0.1, 0.15) is 38.4 Å². The van der Waals surface area contributed by atoms with Gasteiger partial charge in [0.1, 0.15) is 17.7 Å². The molecule has 1 fully saturated rings. The average molecular weight is 405 g/mol. The third-order valence-corrected chi connectivity index (χ3v) is 6.17. The number of nitrogens with two attached hydrogens (primary N) is 1.